The number of carbonyl (C=O) groups is 2. The predicted molar refractivity (Wildman–Crippen MR) is 101 cm³/mol. The molecule has 0 aromatic carbocycles. The minimum atomic E-state index is -1.81. The van der Waals surface area contributed by atoms with Gasteiger partial charge in [0.05, 0.1) is 19.5 Å². The number of aromatic nitrogens is 2. The molecule has 0 bridgehead atoms. The minimum Gasteiger partial charge on any atom is -0.480 e. The molecule has 3 unspecified atom stereocenters. The molecule has 0 saturated carbocycles. The standard InChI is InChI=1S/C11H21NO7.C6H9N3O2/c1-5(2)7(10(17)18)12-11(4-14)9(16)8(15)6(3-13)19-11;7-5(6(10)11)1-4-2-8-3-9-4/h5-9,12-16H,3-4H2,1-2H3,(H,17,18);2-3,5H,1,7H2,(H,8,9)(H,10,11)/t6-,7?,8-,9+,11?;/m1./s1. The Morgan fingerprint density at radius 1 is 1.30 bits per heavy atom. The number of hydrogen-bond acceptors (Lipinski definition) is 10. The summed E-state index contributed by atoms with van der Waals surface area (Å²) in [4.78, 5) is 27.9. The van der Waals surface area contributed by atoms with Crippen molar-refractivity contribution >= 4 is 11.9 Å². The fraction of sp³-hybridized carbons (Fsp3) is 0.706. The van der Waals surface area contributed by atoms with Crippen molar-refractivity contribution < 1.29 is 45.0 Å². The zero-order valence-electron chi connectivity index (χ0n) is 16.7. The summed E-state index contributed by atoms with van der Waals surface area (Å²) in [7, 11) is 0. The van der Waals surface area contributed by atoms with Crippen LogP contribution >= 0.6 is 0 Å². The van der Waals surface area contributed by atoms with Gasteiger partial charge in [-0.05, 0) is 5.92 Å². The normalized spacial score (nSPS) is 27.9. The van der Waals surface area contributed by atoms with Crippen molar-refractivity contribution in [2.45, 2.75) is 56.4 Å². The lowest BCUT2D eigenvalue weighted by Crippen LogP contribution is -2.63. The number of carboxylic acids is 2. The lowest BCUT2D eigenvalue weighted by molar-refractivity contribution is -0.160. The van der Waals surface area contributed by atoms with Gasteiger partial charge in [0.25, 0.3) is 0 Å². The number of ether oxygens (including phenoxy) is 1. The van der Waals surface area contributed by atoms with Gasteiger partial charge in [-0.2, -0.15) is 0 Å². The number of nitrogens with zero attached hydrogens (tertiary/aromatic N) is 1. The van der Waals surface area contributed by atoms with Crippen molar-refractivity contribution in [1.29, 1.82) is 0 Å². The highest BCUT2D eigenvalue weighted by Gasteiger charge is 2.55. The molecule has 2 heterocycles. The van der Waals surface area contributed by atoms with E-state index in [2.05, 4.69) is 15.3 Å². The summed E-state index contributed by atoms with van der Waals surface area (Å²) >= 11 is 0. The summed E-state index contributed by atoms with van der Waals surface area (Å²) in [5.74, 6) is -2.50. The van der Waals surface area contributed by atoms with Crippen molar-refractivity contribution in [3.63, 3.8) is 0 Å². The molecular formula is C17H30N4O9. The van der Waals surface area contributed by atoms with Crippen LogP contribution in [-0.4, -0.2) is 102 Å². The third-order valence-electron chi connectivity index (χ3n) is 4.60. The van der Waals surface area contributed by atoms with E-state index >= 15 is 0 Å². The number of nitrogens with one attached hydrogen (secondary N) is 2. The van der Waals surface area contributed by atoms with E-state index in [4.69, 9.17) is 25.8 Å². The first-order chi connectivity index (χ1) is 14.0. The van der Waals surface area contributed by atoms with Gasteiger partial charge in [0, 0.05) is 18.3 Å². The van der Waals surface area contributed by atoms with Crippen LogP contribution in [0.4, 0.5) is 0 Å². The van der Waals surface area contributed by atoms with Gasteiger partial charge in [0.15, 0.2) is 5.72 Å². The zero-order valence-corrected chi connectivity index (χ0v) is 16.7. The van der Waals surface area contributed by atoms with Gasteiger partial charge in [0.2, 0.25) is 0 Å². The molecule has 0 aliphatic carbocycles. The number of carboxylic acid groups (broad SMARTS) is 2. The Balaban J connectivity index is 0.000000346. The van der Waals surface area contributed by atoms with E-state index in [1.165, 1.54) is 6.33 Å². The molecule has 1 aromatic heterocycles. The third kappa shape index (κ3) is 6.43. The largest absolute Gasteiger partial charge is 0.480 e. The maximum atomic E-state index is 11.1. The van der Waals surface area contributed by atoms with Crippen molar-refractivity contribution in [3.05, 3.63) is 18.2 Å². The molecule has 0 amide bonds. The van der Waals surface area contributed by atoms with E-state index in [9.17, 15) is 24.9 Å². The van der Waals surface area contributed by atoms with E-state index in [1.54, 1.807) is 20.0 Å². The van der Waals surface area contributed by atoms with Crippen LogP contribution in [0.15, 0.2) is 12.5 Å². The first-order valence-electron chi connectivity index (χ1n) is 9.20. The number of imidazole rings is 1. The summed E-state index contributed by atoms with van der Waals surface area (Å²) < 4.78 is 5.23. The Labute approximate surface area is 172 Å². The third-order valence-corrected chi connectivity index (χ3v) is 4.60. The Bertz CT molecular complexity index is 672. The maximum Gasteiger partial charge on any atom is 0.321 e. The molecule has 0 spiro atoms. The molecular weight excluding hydrogens is 404 g/mol. The lowest BCUT2D eigenvalue weighted by Gasteiger charge is -2.35. The molecule has 2 rings (SSSR count). The van der Waals surface area contributed by atoms with Crippen LogP contribution in [0, 0.1) is 5.92 Å². The van der Waals surface area contributed by atoms with Gasteiger partial charge in [-0.15, -0.1) is 0 Å². The van der Waals surface area contributed by atoms with Gasteiger partial charge < -0.3 is 46.1 Å². The van der Waals surface area contributed by atoms with E-state index in [0.29, 0.717) is 0 Å². The molecule has 13 nitrogen and oxygen atoms in total. The Kier molecular flexibility index (Phi) is 9.77. The van der Waals surface area contributed by atoms with Crippen molar-refractivity contribution in [1.82, 2.24) is 15.3 Å². The first-order valence-corrected chi connectivity index (χ1v) is 9.20. The van der Waals surface area contributed by atoms with E-state index in [1.807, 2.05) is 0 Å². The highest BCUT2D eigenvalue weighted by atomic mass is 16.6. The lowest BCUT2D eigenvalue weighted by atomic mass is 9.98. The van der Waals surface area contributed by atoms with Gasteiger partial charge in [0.1, 0.15) is 30.4 Å². The van der Waals surface area contributed by atoms with E-state index in [-0.39, 0.29) is 12.3 Å². The number of aliphatic carboxylic acids is 2. The van der Waals surface area contributed by atoms with Crippen molar-refractivity contribution in [2.75, 3.05) is 13.2 Å². The fourth-order valence-electron chi connectivity index (χ4n) is 2.83. The highest BCUT2D eigenvalue weighted by molar-refractivity contribution is 5.74. The quantitative estimate of drug-likeness (QED) is 0.187. The second-order valence-electron chi connectivity index (χ2n) is 7.25. The predicted octanol–water partition coefficient (Wildman–Crippen LogP) is -3.15. The Hall–Kier alpha value is -2.13. The van der Waals surface area contributed by atoms with Crippen LogP contribution in [0.1, 0.15) is 19.5 Å². The summed E-state index contributed by atoms with van der Waals surface area (Å²) in [6, 6.07) is -1.93. The Morgan fingerprint density at radius 2 is 1.93 bits per heavy atom. The molecule has 1 aliphatic rings. The van der Waals surface area contributed by atoms with E-state index < -0.39 is 61.3 Å². The average Bonchev–Trinajstić information content (AvgIpc) is 3.28. The molecule has 0 radical (unpaired) electrons. The number of aliphatic hydroxyl groups excluding tert-OH is 4. The van der Waals surface area contributed by atoms with Crippen LogP contribution in [-0.2, 0) is 20.7 Å². The zero-order chi connectivity index (χ0) is 23.1. The number of aliphatic hydroxyl groups is 4. The molecule has 6 atom stereocenters. The SMILES string of the molecule is CC(C)C(NC1(CO)O[C@H](CO)[C@@H](O)[C@@H]1O)C(=O)O.NC(Cc1cnc[nH]1)C(=O)O. The summed E-state index contributed by atoms with van der Waals surface area (Å²) in [5, 5.41) is 58.1. The number of nitrogens with two attached hydrogens (primary N) is 1. The molecule has 1 fully saturated rings. The van der Waals surface area contributed by atoms with Crippen LogP contribution < -0.4 is 11.1 Å². The first kappa shape index (κ1) is 25.9. The fourth-order valence-corrected chi connectivity index (χ4v) is 2.83. The number of rotatable bonds is 9. The average molecular weight is 434 g/mol. The molecule has 1 saturated heterocycles. The smallest absolute Gasteiger partial charge is 0.321 e. The van der Waals surface area contributed by atoms with Crippen LogP contribution in [0.3, 0.4) is 0 Å². The van der Waals surface area contributed by atoms with Gasteiger partial charge in [-0.1, -0.05) is 13.8 Å². The summed E-state index contributed by atoms with van der Waals surface area (Å²) in [6.45, 7) is 2.01. The number of hydrogen-bond donors (Lipinski definition) is 9. The van der Waals surface area contributed by atoms with E-state index in [0.717, 1.165) is 5.69 Å². The second kappa shape index (κ2) is 11.3. The van der Waals surface area contributed by atoms with Crippen LogP contribution in [0.5, 0.6) is 0 Å². The second-order valence-corrected chi connectivity index (χ2v) is 7.25. The monoisotopic (exact) mass is 434 g/mol. The molecule has 13 heteroatoms. The van der Waals surface area contributed by atoms with Gasteiger partial charge in [-0.25, -0.2) is 4.98 Å². The summed E-state index contributed by atoms with van der Waals surface area (Å²) in [5.41, 5.74) is 4.19. The minimum absolute atomic E-state index is 0.287. The number of aromatic amines is 1. The molecule has 30 heavy (non-hydrogen) atoms. The van der Waals surface area contributed by atoms with Crippen molar-refractivity contribution in [3.8, 4) is 0 Å². The Morgan fingerprint density at radius 3 is 2.30 bits per heavy atom. The van der Waals surface area contributed by atoms with Gasteiger partial charge in [-0.3, -0.25) is 14.9 Å². The van der Waals surface area contributed by atoms with Crippen molar-refractivity contribution in [2.24, 2.45) is 11.7 Å². The molecule has 1 aliphatic heterocycles. The van der Waals surface area contributed by atoms with Crippen LogP contribution in [0.25, 0.3) is 0 Å². The molecule has 1 aromatic rings. The molecule has 10 N–H and O–H groups in total. The highest BCUT2D eigenvalue weighted by Crippen LogP contribution is 2.30. The molecule has 172 valence electrons. The maximum absolute atomic E-state index is 11.1. The topological polar surface area (TPSA) is 231 Å². The number of H-pyrrole nitrogens is 1. The van der Waals surface area contributed by atoms with Crippen LogP contribution in [0.2, 0.25) is 0 Å². The summed E-state index contributed by atoms with van der Waals surface area (Å²) in [6.07, 6.45) is -0.708. The van der Waals surface area contributed by atoms with Gasteiger partial charge >= 0.3 is 11.9 Å².